The summed E-state index contributed by atoms with van der Waals surface area (Å²) >= 11 is 0. The van der Waals surface area contributed by atoms with Gasteiger partial charge in [0.05, 0.1) is 5.92 Å². The third-order valence-electron chi connectivity index (χ3n) is 3.63. The molecule has 2 aliphatic rings. The monoisotopic (exact) mass is 239 g/mol. The van der Waals surface area contributed by atoms with Gasteiger partial charge in [0.25, 0.3) is 0 Å². The van der Waals surface area contributed by atoms with Gasteiger partial charge in [-0.1, -0.05) is 12.7 Å². The van der Waals surface area contributed by atoms with E-state index < -0.39 is 18.0 Å². The Bertz CT molecular complexity index is 341. The van der Waals surface area contributed by atoms with Gasteiger partial charge in [0.2, 0.25) is 0 Å². The lowest BCUT2D eigenvalue weighted by Gasteiger charge is -2.34. The molecule has 1 amide bonds. The van der Waals surface area contributed by atoms with Crippen LogP contribution in [0.4, 0.5) is 4.79 Å². The third-order valence-corrected chi connectivity index (χ3v) is 3.63. The molecule has 2 heterocycles. The van der Waals surface area contributed by atoms with E-state index in [9.17, 15) is 9.59 Å². The number of aliphatic carboxylic acids is 1. The van der Waals surface area contributed by atoms with Crippen LogP contribution >= 0.6 is 0 Å². The molecule has 1 N–H and O–H groups in total. The standard InChI is InChI=1S/C12H17NO4/c1-2-6-17-12(16)13-8-4-3-5-10(13)9(7-8)11(14)15/h2,8-10H,1,3-7H2,(H,14,15)/t8-,9-,10+/m1/s1. The smallest absolute Gasteiger partial charge is 0.410 e. The zero-order chi connectivity index (χ0) is 12.4. The van der Waals surface area contributed by atoms with Crippen LogP contribution in [0.1, 0.15) is 25.7 Å². The minimum atomic E-state index is -0.805. The summed E-state index contributed by atoms with van der Waals surface area (Å²) in [6, 6.07) is -0.157. The van der Waals surface area contributed by atoms with E-state index in [4.69, 9.17) is 9.84 Å². The van der Waals surface area contributed by atoms with E-state index in [-0.39, 0.29) is 18.7 Å². The highest BCUT2D eigenvalue weighted by Gasteiger charge is 2.49. The maximum atomic E-state index is 11.8. The molecule has 3 atom stereocenters. The first kappa shape index (κ1) is 12.0. The molecule has 0 radical (unpaired) electrons. The Morgan fingerprint density at radius 3 is 2.88 bits per heavy atom. The summed E-state index contributed by atoms with van der Waals surface area (Å²) in [6.07, 6.45) is 4.30. The lowest BCUT2D eigenvalue weighted by atomic mass is 9.98. The second-order valence-corrected chi connectivity index (χ2v) is 4.61. The van der Waals surface area contributed by atoms with Gasteiger partial charge >= 0.3 is 12.1 Å². The van der Waals surface area contributed by atoms with Gasteiger partial charge in [-0.05, 0) is 25.7 Å². The quantitative estimate of drug-likeness (QED) is 0.760. The van der Waals surface area contributed by atoms with Crippen LogP contribution in [0.2, 0.25) is 0 Å². The van der Waals surface area contributed by atoms with Crippen molar-refractivity contribution in [1.29, 1.82) is 0 Å². The zero-order valence-electron chi connectivity index (χ0n) is 9.67. The van der Waals surface area contributed by atoms with Crippen molar-refractivity contribution in [2.45, 2.75) is 37.8 Å². The first-order valence-corrected chi connectivity index (χ1v) is 5.94. The van der Waals surface area contributed by atoms with Gasteiger partial charge in [-0.3, -0.25) is 4.79 Å². The summed E-state index contributed by atoms with van der Waals surface area (Å²) in [5.41, 5.74) is 0. The van der Waals surface area contributed by atoms with E-state index in [2.05, 4.69) is 6.58 Å². The zero-order valence-corrected chi connectivity index (χ0v) is 9.67. The van der Waals surface area contributed by atoms with Crippen molar-refractivity contribution in [3.05, 3.63) is 12.7 Å². The van der Waals surface area contributed by atoms with Crippen LogP contribution in [0.25, 0.3) is 0 Å². The van der Waals surface area contributed by atoms with Crippen molar-refractivity contribution in [2.24, 2.45) is 5.92 Å². The summed E-state index contributed by atoms with van der Waals surface area (Å²) in [5.74, 6) is -1.24. The van der Waals surface area contributed by atoms with E-state index in [1.807, 2.05) is 0 Å². The van der Waals surface area contributed by atoms with Crippen molar-refractivity contribution >= 4 is 12.1 Å². The summed E-state index contributed by atoms with van der Waals surface area (Å²) in [4.78, 5) is 24.6. The molecule has 0 aliphatic carbocycles. The van der Waals surface area contributed by atoms with E-state index in [1.165, 1.54) is 6.08 Å². The van der Waals surface area contributed by atoms with Gasteiger partial charge in [-0.15, -0.1) is 0 Å². The third kappa shape index (κ3) is 2.14. The molecular weight excluding hydrogens is 222 g/mol. The van der Waals surface area contributed by atoms with Crippen molar-refractivity contribution in [3.8, 4) is 0 Å². The first-order valence-electron chi connectivity index (χ1n) is 5.94. The Balaban J connectivity index is 2.10. The number of fused-ring (bicyclic) bond motifs is 2. The summed E-state index contributed by atoms with van der Waals surface area (Å²) < 4.78 is 5.02. The SMILES string of the molecule is C=CCOC(=O)N1[C@@H]2CCC[C@H]1[C@H](C(=O)O)C2. The fourth-order valence-corrected chi connectivity index (χ4v) is 2.94. The molecule has 17 heavy (non-hydrogen) atoms. The molecule has 94 valence electrons. The topological polar surface area (TPSA) is 66.8 Å². The minimum absolute atomic E-state index is 0.0344. The van der Waals surface area contributed by atoms with Gasteiger partial charge in [-0.2, -0.15) is 0 Å². The van der Waals surface area contributed by atoms with Crippen LogP contribution in [0, 0.1) is 5.92 Å². The second kappa shape index (κ2) is 4.77. The predicted octanol–water partition coefficient (Wildman–Crippen LogP) is 1.64. The summed E-state index contributed by atoms with van der Waals surface area (Å²) in [6.45, 7) is 3.66. The Kier molecular flexibility index (Phi) is 3.36. The number of carboxylic acid groups (broad SMARTS) is 1. The molecule has 2 rings (SSSR count). The second-order valence-electron chi connectivity index (χ2n) is 4.61. The number of carbonyl (C=O) groups excluding carboxylic acids is 1. The fraction of sp³-hybridized carbons (Fsp3) is 0.667. The number of carboxylic acids is 1. The molecule has 2 fully saturated rings. The summed E-state index contributed by atoms with van der Waals surface area (Å²) in [7, 11) is 0. The Labute approximate surface area is 100 Å². The molecule has 0 saturated carbocycles. The van der Waals surface area contributed by atoms with Crippen molar-refractivity contribution in [3.63, 3.8) is 0 Å². The minimum Gasteiger partial charge on any atom is -0.481 e. The highest BCUT2D eigenvalue weighted by Crippen LogP contribution is 2.40. The van der Waals surface area contributed by atoms with E-state index in [1.54, 1.807) is 4.90 Å². The van der Waals surface area contributed by atoms with Crippen molar-refractivity contribution in [2.75, 3.05) is 6.61 Å². The number of rotatable bonds is 3. The number of piperidine rings is 1. The number of hydrogen-bond acceptors (Lipinski definition) is 3. The van der Waals surface area contributed by atoms with Crippen LogP contribution in [0.3, 0.4) is 0 Å². The highest BCUT2D eigenvalue weighted by molar-refractivity contribution is 5.75. The van der Waals surface area contributed by atoms with Crippen LogP contribution in [-0.2, 0) is 9.53 Å². The van der Waals surface area contributed by atoms with Crippen LogP contribution < -0.4 is 0 Å². The van der Waals surface area contributed by atoms with Gasteiger partial charge in [0.15, 0.2) is 0 Å². The molecular formula is C12H17NO4. The van der Waals surface area contributed by atoms with Gasteiger partial charge in [0, 0.05) is 12.1 Å². The normalized spacial score (nSPS) is 31.1. The molecule has 0 aromatic rings. The lowest BCUT2D eigenvalue weighted by Crippen LogP contribution is -2.46. The number of carbonyl (C=O) groups is 2. The number of amides is 1. The van der Waals surface area contributed by atoms with Crippen LogP contribution in [0.5, 0.6) is 0 Å². The first-order chi connectivity index (χ1) is 8.15. The van der Waals surface area contributed by atoms with Crippen LogP contribution in [0.15, 0.2) is 12.7 Å². The molecule has 2 bridgehead atoms. The van der Waals surface area contributed by atoms with E-state index in [0.717, 1.165) is 19.3 Å². The van der Waals surface area contributed by atoms with Gasteiger partial charge < -0.3 is 14.7 Å². The maximum absolute atomic E-state index is 11.8. The Hall–Kier alpha value is -1.52. The molecule has 2 aliphatic heterocycles. The number of nitrogens with zero attached hydrogens (tertiary/aromatic N) is 1. The largest absolute Gasteiger partial charge is 0.481 e. The van der Waals surface area contributed by atoms with Crippen LogP contribution in [-0.4, -0.2) is 40.8 Å². The molecule has 5 heteroatoms. The van der Waals surface area contributed by atoms with E-state index in [0.29, 0.717) is 6.42 Å². The molecule has 0 unspecified atom stereocenters. The highest BCUT2D eigenvalue weighted by atomic mass is 16.6. The number of hydrogen-bond donors (Lipinski definition) is 1. The fourth-order valence-electron chi connectivity index (χ4n) is 2.94. The molecule has 5 nitrogen and oxygen atoms in total. The average molecular weight is 239 g/mol. The lowest BCUT2D eigenvalue weighted by molar-refractivity contribution is -0.142. The average Bonchev–Trinajstić information content (AvgIpc) is 2.53. The Morgan fingerprint density at radius 2 is 2.24 bits per heavy atom. The Morgan fingerprint density at radius 1 is 1.47 bits per heavy atom. The van der Waals surface area contributed by atoms with Gasteiger partial charge in [-0.25, -0.2) is 4.79 Å². The molecule has 2 saturated heterocycles. The van der Waals surface area contributed by atoms with Gasteiger partial charge in [0.1, 0.15) is 6.61 Å². The maximum Gasteiger partial charge on any atom is 0.410 e. The molecule has 0 aromatic heterocycles. The molecule has 0 aromatic carbocycles. The van der Waals surface area contributed by atoms with Crippen molar-refractivity contribution in [1.82, 2.24) is 4.90 Å². The predicted molar refractivity (Wildman–Crippen MR) is 60.6 cm³/mol. The van der Waals surface area contributed by atoms with Crippen molar-refractivity contribution < 1.29 is 19.4 Å². The molecule has 0 spiro atoms. The number of ether oxygens (including phenoxy) is 1. The van der Waals surface area contributed by atoms with E-state index >= 15 is 0 Å². The summed E-state index contributed by atoms with van der Waals surface area (Å²) in [5, 5.41) is 9.14.